The Hall–Kier alpha value is -1.19. The summed E-state index contributed by atoms with van der Waals surface area (Å²) in [5, 5.41) is 1.29. The average Bonchev–Trinajstić information content (AvgIpc) is 3.56. The van der Waals surface area contributed by atoms with E-state index >= 15 is 0 Å². The van der Waals surface area contributed by atoms with Crippen molar-refractivity contribution >= 4 is 27.2 Å². The standard InChI is InChI=1S/C22H25NOS/c24-19(13-18-15-6-10-23(11-7-15)22(18)8-9-22)20-12-16-2-1-3-17(14-4-5-14)21(16)25-20/h1-3,12,14-15,18H,4-11,13H2/t18-/m1/s1. The van der Waals surface area contributed by atoms with Crippen molar-refractivity contribution in [3.05, 3.63) is 34.7 Å². The molecule has 2 aromatic rings. The van der Waals surface area contributed by atoms with Crippen LogP contribution in [0.4, 0.5) is 0 Å². The summed E-state index contributed by atoms with van der Waals surface area (Å²) in [6, 6.07) is 8.81. The third kappa shape index (κ3) is 2.21. The van der Waals surface area contributed by atoms with Crippen LogP contribution in [0.1, 0.15) is 66.1 Å². The van der Waals surface area contributed by atoms with Gasteiger partial charge in [-0.1, -0.05) is 18.2 Å². The maximum atomic E-state index is 13.2. The summed E-state index contributed by atoms with van der Waals surface area (Å²) < 4.78 is 1.38. The number of ketones is 1. The molecule has 0 N–H and O–H groups in total. The molecule has 25 heavy (non-hydrogen) atoms. The van der Waals surface area contributed by atoms with Gasteiger partial charge in [0.05, 0.1) is 4.88 Å². The van der Waals surface area contributed by atoms with Gasteiger partial charge in [0.1, 0.15) is 0 Å². The van der Waals surface area contributed by atoms with Crippen molar-refractivity contribution in [1.29, 1.82) is 0 Å². The van der Waals surface area contributed by atoms with Crippen LogP contribution < -0.4 is 0 Å². The number of Topliss-reactive ketones (excluding diaryl/α,β-unsaturated/α-hetero) is 1. The Morgan fingerprint density at radius 1 is 1.16 bits per heavy atom. The second-order valence-electron chi connectivity index (χ2n) is 8.81. The molecule has 4 heterocycles. The first-order valence-electron chi connectivity index (χ1n) is 10.1. The second-order valence-corrected chi connectivity index (χ2v) is 9.86. The molecule has 1 spiro atoms. The lowest BCUT2D eigenvalue weighted by Gasteiger charge is -2.52. The molecule has 3 heteroatoms. The summed E-state index contributed by atoms with van der Waals surface area (Å²) in [5.74, 6) is 2.58. The maximum Gasteiger partial charge on any atom is 0.173 e. The summed E-state index contributed by atoms with van der Waals surface area (Å²) >= 11 is 1.77. The number of fused-ring (bicyclic) bond motifs is 3. The molecule has 1 aromatic heterocycles. The van der Waals surface area contributed by atoms with E-state index in [1.54, 1.807) is 11.3 Å². The number of benzene rings is 1. The number of carbonyl (C=O) groups is 1. The van der Waals surface area contributed by atoms with Crippen molar-refractivity contribution < 1.29 is 4.79 Å². The number of thiophene rings is 1. The second kappa shape index (κ2) is 5.17. The first-order chi connectivity index (χ1) is 12.2. The molecule has 2 saturated carbocycles. The monoisotopic (exact) mass is 351 g/mol. The third-order valence-corrected chi connectivity index (χ3v) is 8.70. The minimum absolute atomic E-state index is 0.410. The van der Waals surface area contributed by atoms with E-state index < -0.39 is 0 Å². The molecule has 0 amide bonds. The molecule has 130 valence electrons. The summed E-state index contributed by atoms with van der Waals surface area (Å²) in [5.41, 5.74) is 1.91. The summed E-state index contributed by atoms with van der Waals surface area (Å²) in [6.07, 6.45) is 8.73. The van der Waals surface area contributed by atoms with Crippen LogP contribution in [-0.4, -0.2) is 29.3 Å². The highest BCUT2D eigenvalue weighted by atomic mass is 32.1. The van der Waals surface area contributed by atoms with E-state index in [1.165, 1.54) is 67.3 Å². The van der Waals surface area contributed by atoms with E-state index in [4.69, 9.17) is 0 Å². The van der Waals surface area contributed by atoms with Gasteiger partial charge >= 0.3 is 0 Å². The highest BCUT2D eigenvalue weighted by Crippen LogP contribution is 2.58. The highest BCUT2D eigenvalue weighted by molar-refractivity contribution is 7.21. The molecule has 0 unspecified atom stereocenters. The van der Waals surface area contributed by atoms with Gasteiger partial charge in [0.25, 0.3) is 0 Å². The van der Waals surface area contributed by atoms with Crippen LogP contribution >= 0.6 is 11.3 Å². The van der Waals surface area contributed by atoms with Crippen molar-refractivity contribution in [2.75, 3.05) is 13.1 Å². The zero-order chi connectivity index (χ0) is 16.6. The lowest BCUT2D eigenvalue weighted by Crippen LogP contribution is -2.57. The smallest absolute Gasteiger partial charge is 0.173 e. The van der Waals surface area contributed by atoms with Crippen LogP contribution in [0.3, 0.4) is 0 Å². The van der Waals surface area contributed by atoms with Crippen LogP contribution in [0.2, 0.25) is 0 Å². The minimum Gasteiger partial charge on any atom is -0.297 e. The van der Waals surface area contributed by atoms with Gasteiger partial charge in [0.2, 0.25) is 0 Å². The molecule has 3 saturated heterocycles. The van der Waals surface area contributed by atoms with Gasteiger partial charge < -0.3 is 0 Å². The number of hydrogen-bond donors (Lipinski definition) is 0. The molecule has 5 fully saturated rings. The van der Waals surface area contributed by atoms with Gasteiger partial charge in [-0.25, -0.2) is 0 Å². The van der Waals surface area contributed by atoms with Gasteiger partial charge in [0.15, 0.2) is 5.78 Å². The van der Waals surface area contributed by atoms with Crippen LogP contribution in [-0.2, 0) is 0 Å². The van der Waals surface area contributed by atoms with E-state index in [9.17, 15) is 4.79 Å². The Morgan fingerprint density at radius 2 is 1.96 bits per heavy atom. The van der Waals surface area contributed by atoms with E-state index in [0.29, 0.717) is 17.2 Å². The molecule has 1 aromatic carbocycles. The molecule has 7 rings (SSSR count). The van der Waals surface area contributed by atoms with Crippen molar-refractivity contribution in [2.45, 2.75) is 56.4 Å². The van der Waals surface area contributed by atoms with Gasteiger partial charge in [-0.05, 0) is 86.4 Å². The number of nitrogens with zero attached hydrogens (tertiary/aromatic N) is 1. The van der Waals surface area contributed by atoms with Crippen molar-refractivity contribution in [1.82, 2.24) is 4.90 Å². The molecule has 5 aliphatic rings. The van der Waals surface area contributed by atoms with Crippen LogP contribution in [0, 0.1) is 11.8 Å². The largest absolute Gasteiger partial charge is 0.297 e. The zero-order valence-corrected chi connectivity index (χ0v) is 15.5. The summed E-state index contributed by atoms with van der Waals surface area (Å²) in [6.45, 7) is 2.56. The van der Waals surface area contributed by atoms with Gasteiger partial charge in [-0.3, -0.25) is 9.69 Å². The first kappa shape index (κ1) is 14.9. The SMILES string of the molecule is O=C(C[C@@H]1C2CCN(CC2)C12CC2)c1cc2cccc(C3CC3)c2s1. The van der Waals surface area contributed by atoms with E-state index in [1.807, 2.05) is 0 Å². The molecular weight excluding hydrogens is 326 g/mol. The lowest BCUT2D eigenvalue weighted by atomic mass is 9.70. The van der Waals surface area contributed by atoms with Crippen molar-refractivity contribution in [3.8, 4) is 0 Å². The fourth-order valence-corrected chi connectivity index (χ4v) is 7.03. The van der Waals surface area contributed by atoms with Crippen LogP contribution in [0.5, 0.6) is 0 Å². The predicted molar refractivity (Wildman–Crippen MR) is 102 cm³/mol. The van der Waals surface area contributed by atoms with Crippen molar-refractivity contribution in [3.63, 3.8) is 0 Å². The molecule has 1 atom stereocenters. The summed E-state index contributed by atoms with van der Waals surface area (Å²) in [7, 11) is 0. The average molecular weight is 352 g/mol. The van der Waals surface area contributed by atoms with Crippen LogP contribution in [0.25, 0.3) is 10.1 Å². The van der Waals surface area contributed by atoms with Crippen molar-refractivity contribution in [2.24, 2.45) is 11.8 Å². The topological polar surface area (TPSA) is 20.3 Å². The van der Waals surface area contributed by atoms with E-state index in [-0.39, 0.29) is 0 Å². The fraction of sp³-hybridized carbons (Fsp3) is 0.591. The van der Waals surface area contributed by atoms with E-state index in [2.05, 4.69) is 29.2 Å². The Morgan fingerprint density at radius 3 is 2.68 bits per heavy atom. The minimum atomic E-state index is 0.410. The van der Waals surface area contributed by atoms with Gasteiger partial charge in [-0.15, -0.1) is 11.3 Å². The normalized spacial score (nSPS) is 32.4. The Balaban J connectivity index is 1.30. The first-order valence-corrected chi connectivity index (χ1v) is 10.9. The quantitative estimate of drug-likeness (QED) is 0.703. The molecule has 2 aliphatic carbocycles. The number of piperidine rings is 3. The lowest BCUT2D eigenvalue weighted by molar-refractivity contribution is -0.0273. The number of rotatable bonds is 4. The Labute approximate surface area is 153 Å². The Kier molecular flexibility index (Phi) is 3.09. The molecule has 3 aliphatic heterocycles. The Bertz CT molecular complexity index is 852. The van der Waals surface area contributed by atoms with Gasteiger partial charge in [0, 0.05) is 16.7 Å². The molecular formula is C22H25NOS. The number of carbonyl (C=O) groups excluding carboxylic acids is 1. The molecule has 0 radical (unpaired) electrons. The van der Waals surface area contributed by atoms with E-state index in [0.717, 1.165) is 23.1 Å². The molecule has 2 nitrogen and oxygen atoms in total. The number of hydrogen-bond acceptors (Lipinski definition) is 3. The zero-order valence-electron chi connectivity index (χ0n) is 14.7. The molecule has 2 bridgehead atoms. The fourth-order valence-electron chi connectivity index (χ4n) is 5.83. The summed E-state index contributed by atoms with van der Waals surface area (Å²) in [4.78, 5) is 16.9. The maximum absolute atomic E-state index is 13.2. The third-order valence-electron chi connectivity index (χ3n) is 7.46. The predicted octanol–water partition coefficient (Wildman–Crippen LogP) is 5.23. The van der Waals surface area contributed by atoms with Crippen LogP contribution in [0.15, 0.2) is 24.3 Å². The van der Waals surface area contributed by atoms with Gasteiger partial charge in [-0.2, -0.15) is 0 Å². The highest BCUT2D eigenvalue weighted by Gasteiger charge is 2.60.